The maximum atomic E-state index is 12.6. The fourth-order valence-corrected chi connectivity index (χ4v) is 11.8. The third-order valence-electron chi connectivity index (χ3n) is 8.69. The quantitative estimate of drug-likeness (QED) is 0.121. The van der Waals surface area contributed by atoms with Crippen molar-refractivity contribution in [1.82, 2.24) is 30.2 Å². The molecule has 21 heteroatoms. The van der Waals surface area contributed by atoms with Gasteiger partial charge in [-0.3, -0.25) is 4.79 Å². The highest BCUT2D eigenvalue weighted by atomic mass is 33.3. The van der Waals surface area contributed by atoms with Gasteiger partial charge in [-0.25, -0.2) is 9.78 Å². The van der Waals surface area contributed by atoms with Crippen LogP contribution in [0.25, 0.3) is 55.1 Å². The Morgan fingerprint density at radius 3 is 1.84 bits per heavy atom. The van der Waals surface area contributed by atoms with E-state index in [1.165, 1.54) is 35.5 Å². The van der Waals surface area contributed by atoms with Crippen molar-refractivity contribution < 1.29 is 32.8 Å². The van der Waals surface area contributed by atoms with Crippen LogP contribution in [0.4, 0.5) is 5.82 Å². The number of nitrogens with two attached hydrogens (primary N) is 1. The Morgan fingerprint density at radius 2 is 1.37 bits per heavy atom. The Hall–Kier alpha value is -4.77. The molecule has 5 heterocycles. The van der Waals surface area contributed by atoms with Gasteiger partial charge in [-0.05, 0) is 58.9 Å². The van der Waals surface area contributed by atoms with E-state index in [2.05, 4.69) is 52.6 Å². The van der Waals surface area contributed by atoms with Gasteiger partial charge in [0, 0.05) is 104 Å². The van der Waals surface area contributed by atoms with Crippen LogP contribution >= 0.6 is 0 Å². The van der Waals surface area contributed by atoms with E-state index < -0.39 is 5.97 Å². The van der Waals surface area contributed by atoms with Gasteiger partial charge in [0.05, 0.1) is 55.3 Å². The van der Waals surface area contributed by atoms with Gasteiger partial charge >= 0.3 is 5.97 Å². The first-order valence-corrected chi connectivity index (χ1v) is 23.6. The minimum absolute atomic E-state index is 0.190. The first-order chi connectivity index (χ1) is 27.4. The summed E-state index contributed by atoms with van der Waals surface area (Å²) in [7, 11) is 10.4. The molecule has 0 aliphatic heterocycles. The van der Waals surface area contributed by atoms with Crippen molar-refractivity contribution in [3.8, 4) is 33.8 Å². The number of methoxy groups -OCH3 is 3. The van der Waals surface area contributed by atoms with Gasteiger partial charge in [-0.15, -0.1) is 0 Å². The van der Waals surface area contributed by atoms with Gasteiger partial charge in [0.1, 0.15) is 45.9 Å². The minimum Gasteiger partial charge on any atom is -0.496 e. The number of carbonyl (C=O) groups excluding carboxylic acids is 1. The number of benzene rings is 2. The Balaban J connectivity index is 0.000000192. The average Bonchev–Trinajstić information content (AvgIpc) is 3.93. The summed E-state index contributed by atoms with van der Waals surface area (Å²) in [6.45, 7) is 9.96. The Labute approximate surface area is 347 Å². The van der Waals surface area contributed by atoms with Crippen LogP contribution < -0.4 is 20.8 Å². The van der Waals surface area contributed by atoms with Gasteiger partial charge in [0.25, 0.3) is 5.56 Å². The lowest BCUT2D eigenvalue weighted by Gasteiger charge is -2.09. The van der Waals surface area contributed by atoms with Gasteiger partial charge in [-0.2, -0.15) is 0 Å². The SMILES string of the molecule is CCOC(=O)c1c(N)[nH]c2cc(-c3c(C)noc3C)c(OC)cc12.COCCc1nc2[nH]c3cc(-c4c(C)noc4C)c(OC)cc3c2c(=O)[nH]1.S=S=S=S=S=S. The molecular formula is C36H39N7O8S6. The number of ether oxygens (including phenoxy) is 4. The molecule has 0 saturated carbocycles. The van der Waals surface area contributed by atoms with Crippen molar-refractivity contribution in [2.24, 2.45) is 0 Å². The highest BCUT2D eigenvalue weighted by molar-refractivity contribution is 8.64. The van der Waals surface area contributed by atoms with Gasteiger partial charge < -0.3 is 48.7 Å². The van der Waals surface area contributed by atoms with E-state index in [1.807, 2.05) is 45.9 Å². The van der Waals surface area contributed by atoms with E-state index in [1.54, 1.807) is 34.3 Å². The number of H-pyrrole nitrogens is 3. The third-order valence-corrected chi connectivity index (χ3v) is 15.4. The van der Waals surface area contributed by atoms with Crippen molar-refractivity contribution in [3.05, 3.63) is 68.9 Å². The Bertz CT molecular complexity index is 2780. The topological polar surface area (TPSA) is 209 Å². The molecule has 302 valence electrons. The Kier molecular flexibility index (Phi) is 14.9. The summed E-state index contributed by atoms with van der Waals surface area (Å²) in [4.78, 5) is 38.4. The summed E-state index contributed by atoms with van der Waals surface area (Å²) < 4.78 is 31.8. The van der Waals surface area contributed by atoms with E-state index in [0.717, 1.165) is 44.5 Å². The second-order valence-electron chi connectivity index (χ2n) is 12.1. The Morgan fingerprint density at radius 1 is 0.825 bits per heavy atom. The maximum absolute atomic E-state index is 12.6. The molecule has 0 amide bonds. The number of hydrogen-bond acceptors (Lipinski definition) is 14. The van der Waals surface area contributed by atoms with Crippen LogP contribution in [0, 0.1) is 27.7 Å². The molecule has 2 aromatic carbocycles. The zero-order chi connectivity index (χ0) is 41.4. The number of rotatable bonds is 9. The number of esters is 1. The number of nitrogens with zero attached hydrogens (tertiary/aromatic N) is 3. The van der Waals surface area contributed by atoms with E-state index >= 15 is 0 Å². The van der Waals surface area contributed by atoms with E-state index in [4.69, 9.17) is 33.7 Å². The van der Waals surface area contributed by atoms with Crippen molar-refractivity contribution >= 4 is 103 Å². The van der Waals surface area contributed by atoms with Crippen LogP contribution in [0.5, 0.6) is 11.5 Å². The molecule has 57 heavy (non-hydrogen) atoms. The predicted octanol–water partition coefficient (Wildman–Crippen LogP) is 6.07. The molecule has 0 fully saturated rings. The van der Waals surface area contributed by atoms with E-state index in [0.29, 0.717) is 69.4 Å². The highest BCUT2D eigenvalue weighted by Crippen LogP contribution is 2.40. The molecule has 0 atom stereocenters. The molecule has 0 unspecified atom stereocenters. The van der Waals surface area contributed by atoms with Crippen LogP contribution in [0.2, 0.25) is 0 Å². The summed E-state index contributed by atoms with van der Waals surface area (Å²) in [6, 6.07) is 7.44. The highest BCUT2D eigenvalue weighted by Gasteiger charge is 2.23. The summed E-state index contributed by atoms with van der Waals surface area (Å²) in [6.07, 6.45) is 0.532. The van der Waals surface area contributed by atoms with Gasteiger partial charge in [0.15, 0.2) is 0 Å². The standard InChI is InChI=1S/C19H20N4O4.C17H19N3O4.S6/c1-9-16(10(2)27-23-9)12-7-13-11(8-14(12)26-4)17-18(20-13)21-15(5-6-25-3)22-19(17)24;1-5-23-17(21)15-10-7-13(22-4)11(6-12(10)19-16(15)18)14-8(2)20-24-9(14)3;1-3-5-6-4-2/h7-8H,5-6H2,1-4H3,(H2,20,21,22,24);6-7,19H,5,18H2,1-4H3;. The lowest BCUT2D eigenvalue weighted by Crippen LogP contribution is -2.12. The zero-order valence-corrected chi connectivity index (χ0v) is 37.0. The fourth-order valence-electron chi connectivity index (χ4n) is 6.35. The van der Waals surface area contributed by atoms with Crippen LogP contribution in [-0.2, 0) is 73.8 Å². The summed E-state index contributed by atoms with van der Waals surface area (Å²) in [5.41, 5.74) is 13.1. The van der Waals surface area contributed by atoms with Crippen LogP contribution in [-0.4, -0.2) is 70.8 Å². The second kappa shape index (κ2) is 19.6. The summed E-state index contributed by atoms with van der Waals surface area (Å²) in [5, 5.41) is 9.92. The number of carbonyl (C=O) groups is 1. The van der Waals surface area contributed by atoms with Crippen molar-refractivity contribution in [3.63, 3.8) is 0 Å². The molecule has 0 aliphatic carbocycles. The van der Waals surface area contributed by atoms with Crippen LogP contribution in [0.3, 0.4) is 0 Å². The molecule has 5 N–H and O–H groups in total. The number of nitrogen functional groups attached to an aromatic ring is 1. The first-order valence-electron chi connectivity index (χ1n) is 17.0. The molecule has 0 spiro atoms. The fraction of sp³-hybridized carbons (Fsp3) is 0.306. The van der Waals surface area contributed by atoms with Gasteiger partial charge in [-0.1, -0.05) is 10.3 Å². The third kappa shape index (κ3) is 9.35. The molecule has 0 radical (unpaired) electrons. The summed E-state index contributed by atoms with van der Waals surface area (Å²) in [5.74, 6) is 3.02. The molecule has 7 aromatic rings. The molecule has 5 aromatic heterocycles. The van der Waals surface area contributed by atoms with E-state index in [-0.39, 0.29) is 18.0 Å². The number of aromatic amines is 3. The molecule has 0 aliphatic rings. The van der Waals surface area contributed by atoms with Crippen molar-refractivity contribution in [1.29, 1.82) is 0 Å². The largest absolute Gasteiger partial charge is 0.496 e. The van der Waals surface area contributed by atoms with Gasteiger partial charge in [0.2, 0.25) is 0 Å². The molecule has 7 rings (SSSR count). The molecule has 15 nitrogen and oxygen atoms in total. The van der Waals surface area contributed by atoms with Crippen LogP contribution in [0.15, 0.2) is 38.1 Å². The van der Waals surface area contributed by atoms with Crippen molar-refractivity contribution in [2.45, 2.75) is 41.0 Å². The number of aryl methyl sites for hydroxylation is 4. The number of aromatic nitrogens is 6. The van der Waals surface area contributed by atoms with Crippen LogP contribution in [0.1, 0.15) is 46.0 Å². The van der Waals surface area contributed by atoms with Crippen molar-refractivity contribution in [2.75, 3.05) is 40.3 Å². The monoisotopic (exact) mass is 889 g/mol. The number of nitrogens with one attached hydrogen (secondary N) is 3. The predicted molar refractivity (Wildman–Crippen MR) is 236 cm³/mol. The smallest absolute Gasteiger partial charge is 0.342 e. The lowest BCUT2D eigenvalue weighted by molar-refractivity contribution is 0.0530. The average molecular weight is 890 g/mol. The number of hydrogen-bond donors (Lipinski definition) is 4. The minimum atomic E-state index is -0.464. The second-order valence-corrected chi connectivity index (χ2v) is 19.2. The first kappa shape index (κ1) is 43.4. The maximum Gasteiger partial charge on any atom is 0.342 e. The molecular weight excluding hydrogens is 851 g/mol. The lowest BCUT2D eigenvalue weighted by atomic mass is 10.0. The summed E-state index contributed by atoms with van der Waals surface area (Å²) >= 11 is 9.03. The molecule has 0 bridgehead atoms. The molecule has 0 saturated heterocycles. The number of anilines is 1. The number of fused-ring (bicyclic) bond motifs is 4. The normalized spacial score (nSPS) is 10.7. The zero-order valence-electron chi connectivity index (χ0n) is 32.1. The van der Waals surface area contributed by atoms with E-state index in [9.17, 15) is 9.59 Å².